The quantitative estimate of drug-likeness (QED) is 0.633. The summed E-state index contributed by atoms with van der Waals surface area (Å²) in [6.45, 7) is 4.73. The first-order valence-electron chi connectivity index (χ1n) is 4.56. The molecule has 0 aromatic carbocycles. The average molecular weight is 221 g/mol. The van der Waals surface area contributed by atoms with Crippen LogP contribution in [-0.4, -0.2) is 32.0 Å². The molecule has 5 nitrogen and oxygen atoms in total. The fraction of sp³-hybridized carbons (Fsp3) is 0.750. The van der Waals surface area contributed by atoms with Crippen LogP contribution in [0.25, 0.3) is 0 Å². The first-order valence-corrected chi connectivity index (χ1v) is 6.42. The van der Waals surface area contributed by atoms with Crippen LogP contribution < -0.4 is 0 Å². The summed E-state index contributed by atoms with van der Waals surface area (Å²) in [7, 11) is 0.247. The van der Waals surface area contributed by atoms with Crippen molar-refractivity contribution in [1.29, 1.82) is 0 Å². The van der Waals surface area contributed by atoms with Crippen LogP contribution >= 0.6 is 7.66 Å². The zero-order valence-corrected chi connectivity index (χ0v) is 9.84. The van der Waals surface area contributed by atoms with Crippen molar-refractivity contribution in [2.75, 3.05) is 27.3 Å². The molecule has 0 atom stereocenters. The van der Waals surface area contributed by atoms with Gasteiger partial charge in [0.1, 0.15) is 0 Å². The summed E-state index contributed by atoms with van der Waals surface area (Å²) >= 11 is 0. The summed E-state index contributed by atoms with van der Waals surface area (Å²) in [6.07, 6.45) is 0. The standard InChI is InChI=1S/C8H16NO4P/c1-7-8(2)13-14(12-7,9(3)4)10-5-6-11-14/h5-6H2,1-4H3. The zero-order valence-electron chi connectivity index (χ0n) is 8.94. The molecule has 1 spiro atoms. The van der Waals surface area contributed by atoms with Crippen LogP contribution in [-0.2, 0) is 18.1 Å². The Morgan fingerprint density at radius 1 is 1.00 bits per heavy atom. The molecular weight excluding hydrogens is 205 g/mol. The first kappa shape index (κ1) is 10.2. The molecule has 0 aromatic rings. The average Bonchev–Trinajstić information content (AvgIpc) is 2.60. The van der Waals surface area contributed by atoms with Gasteiger partial charge < -0.3 is 0 Å². The topological polar surface area (TPSA) is 40.2 Å². The first-order chi connectivity index (χ1) is 6.48. The van der Waals surface area contributed by atoms with Crippen LogP contribution in [0.3, 0.4) is 0 Å². The van der Waals surface area contributed by atoms with Crippen LogP contribution in [0.1, 0.15) is 13.8 Å². The van der Waals surface area contributed by atoms with Gasteiger partial charge in [0, 0.05) is 0 Å². The molecule has 0 saturated carbocycles. The Morgan fingerprint density at radius 2 is 1.43 bits per heavy atom. The summed E-state index contributed by atoms with van der Waals surface area (Å²) in [5, 5.41) is 0. The predicted octanol–water partition coefficient (Wildman–Crippen LogP) is 2.02. The molecule has 0 aromatic heterocycles. The molecule has 0 N–H and O–H groups in total. The van der Waals surface area contributed by atoms with Crippen molar-refractivity contribution in [3.05, 3.63) is 11.5 Å². The van der Waals surface area contributed by atoms with Crippen molar-refractivity contribution < 1.29 is 18.1 Å². The SMILES string of the molecule is CC1=C(C)OP2(N(C)C)(OCCO2)O1. The van der Waals surface area contributed by atoms with Crippen molar-refractivity contribution in [3.63, 3.8) is 0 Å². The second-order valence-corrected chi connectivity index (χ2v) is 6.81. The molecule has 0 unspecified atom stereocenters. The van der Waals surface area contributed by atoms with Gasteiger partial charge in [-0.2, -0.15) is 0 Å². The van der Waals surface area contributed by atoms with E-state index in [1.165, 1.54) is 0 Å². The van der Waals surface area contributed by atoms with E-state index < -0.39 is 7.66 Å². The maximum absolute atomic E-state index is 5.74. The Balaban J connectivity index is 2.37. The van der Waals surface area contributed by atoms with E-state index in [0.29, 0.717) is 13.2 Å². The number of allylic oxidation sites excluding steroid dienone is 2. The van der Waals surface area contributed by atoms with Crippen LogP contribution in [0.5, 0.6) is 0 Å². The van der Waals surface area contributed by atoms with E-state index in [2.05, 4.69) is 0 Å². The van der Waals surface area contributed by atoms with Crippen LogP contribution in [0.4, 0.5) is 0 Å². The molecular formula is C8H16NO4P. The van der Waals surface area contributed by atoms with Crippen LogP contribution in [0.15, 0.2) is 11.5 Å². The van der Waals surface area contributed by atoms with E-state index in [-0.39, 0.29) is 0 Å². The number of nitrogens with zero attached hydrogens (tertiary/aromatic N) is 1. The van der Waals surface area contributed by atoms with Gasteiger partial charge in [0.05, 0.1) is 0 Å². The van der Waals surface area contributed by atoms with Crippen molar-refractivity contribution in [3.8, 4) is 0 Å². The molecule has 14 heavy (non-hydrogen) atoms. The molecule has 2 aliphatic heterocycles. The molecule has 0 amide bonds. The molecule has 1 saturated heterocycles. The van der Waals surface area contributed by atoms with Gasteiger partial charge in [0.25, 0.3) is 0 Å². The molecule has 2 heterocycles. The predicted molar refractivity (Wildman–Crippen MR) is 53.1 cm³/mol. The number of hydrogen-bond acceptors (Lipinski definition) is 5. The third kappa shape index (κ3) is 1.10. The third-order valence-corrected chi connectivity index (χ3v) is 6.12. The molecule has 2 aliphatic rings. The molecule has 1 fully saturated rings. The van der Waals surface area contributed by atoms with Crippen molar-refractivity contribution >= 4 is 7.66 Å². The Hall–Kier alpha value is -0.350. The summed E-state index contributed by atoms with van der Waals surface area (Å²) < 4.78 is 24.5. The summed E-state index contributed by atoms with van der Waals surface area (Å²) in [4.78, 5) is 0. The van der Waals surface area contributed by atoms with Crippen LogP contribution in [0.2, 0.25) is 0 Å². The van der Waals surface area contributed by atoms with Gasteiger partial charge >= 0.3 is 83.1 Å². The van der Waals surface area contributed by atoms with Gasteiger partial charge in [-0.3, -0.25) is 0 Å². The van der Waals surface area contributed by atoms with E-state index >= 15 is 0 Å². The molecule has 0 radical (unpaired) electrons. The third-order valence-electron chi connectivity index (χ3n) is 2.43. The molecule has 0 aliphatic carbocycles. The molecule has 2 rings (SSSR count). The normalized spacial score (nSPS) is 31.4. The fourth-order valence-electron chi connectivity index (χ4n) is 1.52. The Bertz CT molecular complexity index is 278. The molecule has 0 bridgehead atoms. The van der Waals surface area contributed by atoms with Crippen molar-refractivity contribution in [2.24, 2.45) is 0 Å². The van der Waals surface area contributed by atoms with E-state index in [9.17, 15) is 0 Å². The van der Waals surface area contributed by atoms with Gasteiger partial charge in [-0.25, -0.2) is 0 Å². The Morgan fingerprint density at radius 3 is 1.79 bits per heavy atom. The van der Waals surface area contributed by atoms with E-state index in [0.717, 1.165) is 11.5 Å². The zero-order chi connectivity index (χ0) is 10.4. The Labute approximate surface area is 83.9 Å². The minimum absolute atomic E-state index is 0.510. The monoisotopic (exact) mass is 221 g/mol. The molecule has 82 valence electrons. The van der Waals surface area contributed by atoms with Gasteiger partial charge in [-0.15, -0.1) is 0 Å². The van der Waals surface area contributed by atoms with Crippen molar-refractivity contribution in [2.45, 2.75) is 13.8 Å². The van der Waals surface area contributed by atoms with Gasteiger partial charge in [0.2, 0.25) is 0 Å². The maximum atomic E-state index is 5.74. The number of rotatable bonds is 1. The van der Waals surface area contributed by atoms with E-state index in [4.69, 9.17) is 18.1 Å². The van der Waals surface area contributed by atoms with Gasteiger partial charge in [-0.05, 0) is 0 Å². The van der Waals surface area contributed by atoms with E-state index in [1.54, 1.807) is 4.67 Å². The van der Waals surface area contributed by atoms with E-state index in [1.807, 2.05) is 27.9 Å². The summed E-state index contributed by atoms with van der Waals surface area (Å²) in [6, 6.07) is 0. The molecule has 6 heteroatoms. The van der Waals surface area contributed by atoms with Crippen LogP contribution in [0, 0.1) is 0 Å². The summed E-state index contributed by atoms with van der Waals surface area (Å²) in [5.74, 6) is 1.47. The fourth-order valence-corrected chi connectivity index (χ4v) is 4.57. The second kappa shape index (κ2) is 2.83. The minimum atomic E-state index is -3.44. The number of hydrogen-bond donors (Lipinski definition) is 0. The van der Waals surface area contributed by atoms with Gasteiger partial charge in [0.15, 0.2) is 0 Å². The van der Waals surface area contributed by atoms with Crippen molar-refractivity contribution in [1.82, 2.24) is 4.67 Å². The Kier molecular flexibility index (Phi) is 2.05. The van der Waals surface area contributed by atoms with Gasteiger partial charge in [-0.1, -0.05) is 0 Å². The second-order valence-electron chi connectivity index (χ2n) is 3.58. The summed E-state index contributed by atoms with van der Waals surface area (Å²) in [5.41, 5.74) is 0.